The van der Waals surface area contributed by atoms with E-state index in [0.29, 0.717) is 5.92 Å². The van der Waals surface area contributed by atoms with Gasteiger partial charge >= 0.3 is 0 Å². The van der Waals surface area contributed by atoms with Crippen molar-refractivity contribution in [1.82, 2.24) is 9.99 Å². The quantitative estimate of drug-likeness (QED) is 0.501. The molecule has 3 N–H and O–H groups in total. The summed E-state index contributed by atoms with van der Waals surface area (Å²) in [5.74, 6) is 5.86. The Bertz CT molecular complexity index is 624. The Balaban J connectivity index is 1.82. The minimum absolute atomic E-state index is 0.0126. The number of aromatic nitrogens is 1. The van der Waals surface area contributed by atoms with Gasteiger partial charge in [0.15, 0.2) is 0 Å². The SMILES string of the molecule is Cn1cc(C2CCC(C(=O)NN)CC2)c2ccccc21. The number of hydrogen-bond acceptors (Lipinski definition) is 2. The van der Waals surface area contributed by atoms with E-state index in [-0.39, 0.29) is 11.8 Å². The van der Waals surface area contributed by atoms with Gasteiger partial charge in [-0.1, -0.05) is 18.2 Å². The summed E-state index contributed by atoms with van der Waals surface area (Å²) in [6.45, 7) is 0. The molecular formula is C16H21N3O. The number of nitrogens with zero attached hydrogens (tertiary/aromatic N) is 1. The molecule has 0 saturated heterocycles. The number of carbonyl (C=O) groups is 1. The van der Waals surface area contributed by atoms with E-state index in [9.17, 15) is 4.79 Å². The third-order valence-electron chi connectivity index (χ3n) is 4.61. The molecule has 1 aromatic carbocycles. The molecule has 0 spiro atoms. The minimum Gasteiger partial charge on any atom is -0.350 e. The van der Waals surface area contributed by atoms with Crippen LogP contribution in [0.5, 0.6) is 0 Å². The maximum Gasteiger partial charge on any atom is 0.236 e. The molecule has 1 heterocycles. The van der Waals surface area contributed by atoms with Crippen LogP contribution in [0.2, 0.25) is 0 Å². The number of benzene rings is 1. The van der Waals surface area contributed by atoms with Gasteiger partial charge in [0.1, 0.15) is 0 Å². The van der Waals surface area contributed by atoms with Gasteiger partial charge in [0.05, 0.1) is 0 Å². The average Bonchev–Trinajstić information content (AvgIpc) is 2.84. The van der Waals surface area contributed by atoms with E-state index in [1.807, 2.05) is 0 Å². The Labute approximate surface area is 118 Å². The van der Waals surface area contributed by atoms with E-state index < -0.39 is 0 Å². The van der Waals surface area contributed by atoms with Gasteiger partial charge in [0, 0.05) is 30.1 Å². The number of hydrogen-bond donors (Lipinski definition) is 2. The number of nitrogens with two attached hydrogens (primary N) is 1. The summed E-state index contributed by atoms with van der Waals surface area (Å²) in [6, 6.07) is 8.53. The number of nitrogens with one attached hydrogen (secondary N) is 1. The van der Waals surface area contributed by atoms with Crippen molar-refractivity contribution in [1.29, 1.82) is 0 Å². The van der Waals surface area contributed by atoms with Crippen LogP contribution in [0, 0.1) is 5.92 Å². The van der Waals surface area contributed by atoms with Crippen LogP contribution in [-0.4, -0.2) is 10.5 Å². The van der Waals surface area contributed by atoms with E-state index in [0.717, 1.165) is 25.7 Å². The largest absolute Gasteiger partial charge is 0.350 e. The second kappa shape index (κ2) is 5.29. The van der Waals surface area contributed by atoms with Crippen LogP contribution in [0.3, 0.4) is 0 Å². The Hall–Kier alpha value is -1.81. The van der Waals surface area contributed by atoms with Crippen molar-refractivity contribution in [2.24, 2.45) is 18.8 Å². The standard InChI is InChI=1S/C16H21N3O/c1-19-10-14(13-4-2-3-5-15(13)19)11-6-8-12(9-7-11)16(20)18-17/h2-5,10-12H,6-9,17H2,1H3,(H,18,20). The highest BCUT2D eigenvalue weighted by Crippen LogP contribution is 2.39. The highest BCUT2D eigenvalue weighted by Gasteiger charge is 2.28. The lowest BCUT2D eigenvalue weighted by molar-refractivity contribution is -0.126. The monoisotopic (exact) mass is 271 g/mol. The molecule has 20 heavy (non-hydrogen) atoms. The van der Waals surface area contributed by atoms with Crippen molar-refractivity contribution in [2.75, 3.05) is 0 Å². The number of aryl methyl sites for hydroxylation is 1. The molecule has 0 radical (unpaired) electrons. The van der Waals surface area contributed by atoms with E-state index in [4.69, 9.17) is 5.84 Å². The van der Waals surface area contributed by atoms with E-state index >= 15 is 0 Å². The van der Waals surface area contributed by atoms with Gasteiger partial charge in [-0.05, 0) is 43.2 Å². The summed E-state index contributed by atoms with van der Waals surface area (Å²) in [5, 5.41) is 1.35. The lowest BCUT2D eigenvalue weighted by Crippen LogP contribution is -2.37. The van der Waals surface area contributed by atoms with Crippen LogP contribution in [0.4, 0.5) is 0 Å². The number of hydrazine groups is 1. The lowest BCUT2D eigenvalue weighted by Gasteiger charge is -2.27. The third kappa shape index (κ3) is 2.20. The summed E-state index contributed by atoms with van der Waals surface area (Å²) in [7, 11) is 2.10. The lowest BCUT2D eigenvalue weighted by atomic mass is 9.78. The third-order valence-corrected chi connectivity index (χ3v) is 4.61. The van der Waals surface area contributed by atoms with Crippen LogP contribution in [-0.2, 0) is 11.8 Å². The summed E-state index contributed by atoms with van der Waals surface area (Å²) < 4.78 is 2.20. The van der Waals surface area contributed by atoms with Gasteiger partial charge in [-0.3, -0.25) is 10.2 Å². The Kier molecular flexibility index (Phi) is 3.49. The number of rotatable bonds is 2. The molecule has 2 aromatic rings. The number of amides is 1. The molecule has 1 aromatic heterocycles. The first-order valence-corrected chi connectivity index (χ1v) is 7.25. The molecular weight excluding hydrogens is 250 g/mol. The molecule has 1 fully saturated rings. The zero-order valence-electron chi connectivity index (χ0n) is 11.8. The molecule has 1 aliphatic carbocycles. The molecule has 0 atom stereocenters. The summed E-state index contributed by atoms with van der Waals surface area (Å²) >= 11 is 0. The van der Waals surface area contributed by atoms with E-state index in [1.165, 1.54) is 16.5 Å². The molecule has 3 rings (SSSR count). The topological polar surface area (TPSA) is 60.0 Å². The van der Waals surface area contributed by atoms with Crippen LogP contribution >= 0.6 is 0 Å². The average molecular weight is 271 g/mol. The Morgan fingerprint density at radius 2 is 1.95 bits per heavy atom. The summed E-state index contributed by atoms with van der Waals surface area (Å²) in [6.07, 6.45) is 6.23. The van der Waals surface area contributed by atoms with Crippen molar-refractivity contribution in [2.45, 2.75) is 31.6 Å². The minimum atomic E-state index is -0.0126. The molecule has 0 bridgehead atoms. The van der Waals surface area contributed by atoms with Gasteiger partial charge in [0.25, 0.3) is 0 Å². The molecule has 1 saturated carbocycles. The number of para-hydroxylation sites is 1. The molecule has 0 unspecified atom stereocenters. The smallest absolute Gasteiger partial charge is 0.236 e. The summed E-state index contributed by atoms with van der Waals surface area (Å²) in [4.78, 5) is 11.6. The molecule has 1 aliphatic rings. The fourth-order valence-electron chi connectivity index (χ4n) is 3.48. The Morgan fingerprint density at radius 1 is 1.25 bits per heavy atom. The van der Waals surface area contributed by atoms with Crippen LogP contribution < -0.4 is 11.3 Å². The molecule has 4 heteroatoms. The predicted octanol–water partition coefficient (Wildman–Crippen LogP) is 2.44. The van der Waals surface area contributed by atoms with Crippen molar-refractivity contribution >= 4 is 16.8 Å². The second-order valence-corrected chi connectivity index (χ2v) is 5.77. The van der Waals surface area contributed by atoms with Gasteiger partial charge in [0.2, 0.25) is 5.91 Å². The van der Waals surface area contributed by atoms with Crippen LogP contribution in [0.1, 0.15) is 37.2 Å². The van der Waals surface area contributed by atoms with Gasteiger partial charge in [-0.2, -0.15) is 0 Å². The maximum absolute atomic E-state index is 11.6. The predicted molar refractivity (Wildman–Crippen MR) is 79.9 cm³/mol. The van der Waals surface area contributed by atoms with Crippen LogP contribution in [0.15, 0.2) is 30.5 Å². The van der Waals surface area contributed by atoms with Crippen molar-refractivity contribution in [3.8, 4) is 0 Å². The van der Waals surface area contributed by atoms with Crippen molar-refractivity contribution in [3.63, 3.8) is 0 Å². The van der Waals surface area contributed by atoms with Gasteiger partial charge < -0.3 is 4.57 Å². The first kappa shape index (κ1) is 13.2. The van der Waals surface area contributed by atoms with Gasteiger partial charge in [-0.25, -0.2) is 5.84 Å². The second-order valence-electron chi connectivity index (χ2n) is 5.77. The fourth-order valence-corrected chi connectivity index (χ4v) is 3.48. The normalized spacial score (nSPS) is 22.9. The van der Waals surface area contributed by atoms with Crippen molar-refractivity contribution in [3.05, 3.63) is 36.0 Å². The molecule has 106 valence electrons. The molecule has 1 amide bonds. The first-order valence-electron chi connectivity index (χ1n) is 7.25. The highest BCUT2D eigenvalue weighted by molar-refractivity contribution is 5.84. The Morgan fingerprint density at radius 3 is 2.65 bits per heavy atom. The van der Waals surface area contributed by atoms with Crippen LogP contribution in [0.25, 0.3) is 10.9 Å². The first-order chi connectivity index (χ1) is 9.70. The van der Waals surface area contributed by atoms with Gasteiger partial charge in [-0.15, -0.1) is 0 Å². The summed E-state index contributed by atoms with van der Waals surface area (Å²) in [5.41, 5.74) is 4.99. The highest BCUT2D eigenvalue weighted by atomic mass is 16.2. The van der Waals surface area contributed by atoms with Crippen molar-refractivity contribution < 1.29 is 4.79 Å². The zero-order chi connectivity index (χ0) is 14.1. The fraction of sp³-hybridized carbons (Fsp3) is 0.438. The molecule has 0 aliphatic heterocycles. The zero-order valence-corrected chi connectivity index (χ0v) is 11.8. The van der Waals surface area contributed by atoms with E-state index in [2.05, 4.69) is 47.5 Å². The maximum atomic E-state index is 11.6. The number of carbonyl (C=O) groups excluding carboxylic acids is 1. The number of fused-ring (bicyclic) bond motifs is 1. The van der Waals surface area contributed by atoms with E-state index in [1.54, 1.807) is 0 Å². The molecule has 4 nitrogen and oxygen atoms in total.